The summed E-state index contributed by atoms with van der Waals surface area (Å²) in [4.78, 5) is 0. The molecule has 2 N–H and O–H groups in total. The third-order valence-corrected chi connectivity index (χ3v) is 1.92. The second kappa shape index (κ2) is 5.04. The largest absolute Gasteiger partial charge is 0.396 e. The molecule has 0 radical (unpaired) electrons. The normalized spacial score (nSPS) is 9.20. The van der Waals surface area contributed by atoms with Crippen LogP contribution in [0.3, 0.4) is 0 Å². The summed E-state index contributed by atoms with van der Waals surface area (Å²) >= 11 is 0. The molecule has 2 aromatic heterocycles. The van der Waals surface area contributed by atoms with Crippen molar-refractivity contribution >= 4 is 30.5 Å². The summed E-state index contributed by atoms with van der Waals surface area (Å²) in [7, 11) is 3.71. The van der Waals surface area contributed by atoms with Crippen LogP contribution in [0.5, 0.6) is 0 Å². The first-order valence-corrected chi connectivity index (χ1v) is 3.96. The highest BCUT2D eigenvalue weighted by Gasteiger charge is 2.09. The smallest absolute Gasteiger partial charge is 0.133 e. The maximum atomic E-state index is 5.78. The van der Waals surface area contributed by atoms with E-state index >= 15 is 0 Å². The van der Waals surface area contributed by atoms with Crippen molar-refractivity contribution in [2.75, 3.05) is 5.73 Å². The number of nitrogen functional groups attached to an aromatic ring is 1. The summed E-state index contributed by atoms with van der Waals surface area (Å²) in [5, 5.41) is 8.30. The summed E-state index contributed by atoms with van der Waals surface area (Å²) in [6, 6.07) is 1.89. The Labute approximate surface area is 100 Å². The van der Waals surface area contributed by atoms with E-state index in [0.717, 1.165) is 11.4 Å². The van der Waals surface area contributed by atoms with Crippen LogP contribution in [0.15, 0.2) is 18.5 Å². The van der Waals surface area contributed by atoms with Gasteiger partial charge < -0.3 is 5.73 Å². The van der Waals surface area contributed by atoms with E-state index in [0.29, 0.717) is 5.69 Å². The van der Waals surface area contributed by atoms with Gasteiger partial charge in [-0.05, 0) is 6.07 Å². The Hall–Kier alpha value is -1.20. The predicted molar refractivity (Wildman–Crippen MR) is 64.3 cm³/mol. The molecule has 0 fully saturated rings. The van der Waals surface area contributed by atoms with Crippen LogP contribution in [-0.2, 0) is 14.1 Å². The van der Waals surface area contributed by atoms with Crippen molar-refractivity contribution in [3.05, 3.63) is 18.5 Å². The molecule has 0 atom stereocenters. The minimum Gasteiger partial charge on any atom is -0.396 e. The number of nitrogens with zero attached hydrogens (tertiary/aromatic N) is 4. The number of halogens is 2. The van der Waals surface area contributed by atoms with E-state index in [-0.39, 0.29) is 24.8 Å². The molecule has 0 bridgehead atoms. The zero-order chi connectivity index (χ0) is 9.42. The van der Waals surface area contributed by atoms with Gasteiger partial charge in [-0.25, -0.2) is 0 Å². The Morgan fingerprint density at radius 2 is 1.93 bits per heavy atom. The average Bonchev–Trinajstić information content (AvgIpc) is 2.58. The monoisotopic (exact) mass is 249 g/mol. The molecule has 2 aromatic rings. The van der Waals surface area contributed by atoms with Crippen molar-refractivity contribution in [3.8, 4) is 11.4 Å². The molecule has 0 saturated heterocycles. The molecule has 0 saturated carbocycles. The molecule has 2 rings (SSSR count). The number of nitrogens with two attached hydrogens (primary N) is 1. The van der Waals surface area contributed by atoms with Crippen molar-refractivity contribution in [2.24, 2.45) is 14.1 Å². The number of hydrogen-bond donors (Lipinski definition) is 1. The molecule has 0 unspecified atom stereocenters. The Bertz CT molecular complexity index is 434. The lowest BCUT2D eigenvalue weighted by molar-refractivity contribution is 0.749. The topological polar surface area (TPSA) is 61.7 Å². The first-order valence-electron chi connectivity index (χ1n) is 3.96. The molecular weight excluding hydrogens is 237 g/mol. The average molecular weight is 250 g/mol. The third-order valence-electron chi connectivity index (χ3n) is 1.92. The van der Waals surface area contributed by atoms with Crippen molar-refractivity contribution in [2.45, 2.75) is 0 Å². The third kappa shape index (κ3) is 2.43. The molecule has 0 amide bonds. The van der Waals surface area contributed by atoms with Crippen LogP contribution in [0, 0.1) is 0 Å². The quantitative estimate of drug-likeness (QED) is 0.828. The molecular formula is C8H13Cl2N5. The SMILES string of the molecule is Cl.Cl.Cn1cc(N)c(-c2ccnn2C)n1. The highest BCUT2D eigenvalue weighted by Crippen LogP contribution is 2.21. The zero-order valence-corrected chi connectivity index (χ0v) is 10.0. The van der Waals surface area contributed by atoms with Crippen LogP contribution in [-0.4, -0.2) is 19.6 Å². The van der Waals surface area contributed by atoms with Crippen LogP contribution < -0.4 is 5.73 Å². The lowest BCUT2D eigenvalue weighted by Gasteiger charge is -1.97. The zero-order valence-electron chi connectivity index (χ0n) is 8.41. The number of aromatic nitrogens is 4. The van der Waals surface area contributed by atoms with Crippen LogP contribution >= 0.6 is 24.8 Å². The van der Waals surface area contributed by atoms with Crippen LogP contribution in [0.25, 0.3) is 11.4 Å². The van der Waals surface area contributed by atoms with E-state index in [1.54, 1.807) is 21.8 Å². The van der Waals surface area contributed by atoms with Gasteiger partial charge in [0.25, 0.3) is 0 Å². The van der Waals surface area contributed by atoms with Crippen LogP contribution in [0.4, 0.5) is 5.69 Å². The van der Waals surface area contributed by atoms with Gasteiger partial charge >= 0.3 is 0 Å². The van der Waals surface area contributed by atoms with E-state index in [4.69, 9.17) is 5.73 Å². The fourth-order valence-electron chi connectivity index (χ4n) is 1.31. The van der Waals surface area contributed by atoms with Crippen LogP contribution in [0.2, 0.25) is 0 Å². The van der Waals surface area contributed by atoms with Crippen molar-refractivity contribution < 1.29 is 0 Å². The molecule has 15 heavy (non-hydrogen) atoms. The summed E-state index contributed by atoms with van der Waals surface area (Å²) in [5.41, 5.74) is 8.16. The molecule has 2 heterocycles. The molecule has 0 spiro atoms. The first-order chi connectivity index (χ1) is 6.18. The summed E-state index contributed by atoms with van der Waals surface area (Å²) in [6.07, 6.45) is 3.51. The maximum Gasteiger partial charge on any atom is 0.133 e. The standard InChI is InChI=1S/C8H11N5.2ClH/c1-12-5-6(9)8(11-12)7-3-4-10-13(7)2;;/h3-5H,9H2,1-2H3;2*1H. The molecule has 0 aliphatic rings. The summed E-state index contributed by atoms with van der Waals surface area (Å²) in [6.45, 7) is 0. The van der Waals surface area contributed by atoms with E-state index in [1.807, 2.05) is 20.2 Å². The van der Waals surface area contributed by atoms with Gasteiger partial charge in [-0.1, -0.05) is 0 Å². The molecule has 0 aliphatic heterocycles. The number of anilines is 1. The van der Waals surface area contributed by atoms with Gasteiger partial charge in [0.1, 0.15) is 5.69 Å². The van der Waals surface area contributed by atoms with Crippen molar-refractivity contribution in [1.29, 1.82) is 0 Å². The van der Waals surface area contributed by atoms with Gasteiger partial charge in [-0.3, -0.25) is 9.36 Å². The lowest BCUT2D eigenvalue weighted by Crippen LogP contribution is -1.96. The molecule has 84 valence electrons. The van der Waals surface area contributed by atoms with E-state index < -0.39 is 0 Å². The summed E-state index contributed by atoms with van der Waals surface area (Å²) in [5.74, 6) is 0. The second-order valence-corrected chi connectivity index (χ2v) is 2.95. The fraction of sp³-hybridized carbons (Fsp3) is 0.250. The number of aryl methyl sites for hydroxylation is 2. The minimum atomic E-state index is 0. The number of rotatable bonds is 1. The number of hydrogen-bond acceptors (Lipinski definition) is 3. The Balaban J connectivity index is 0.000000980. The van der Waals surface area contributed by atoms with Gasteiger partial charge in [0.05, 0.1) is 11.4 Å². The predicted octanol–water partition coefficient (Wildman–Crippen LogP) is 1.25. The van der Waals surface area contributed by atoms with Crippen molar-refractivity contribution in [1.82, 2.24) is 19.6 Å². The lowest BCUT2D eigenvalue weighted by atomic mass is 10.3. The highest BCUT2D eigenvalue weighted by molar-refractivity contribution is 5.85. The van der Waals surface area contributed by atoms with Crippen molar-refractivity contribution in [3.63, 3.8) is 0 Å². The Morgan fingerprint density at radius 3 is 2.33 bits per heavy atom. The van der Waals surface area contributed by atoms with Gasteiger partial charge in [-0.2, -0.15) is 10.2 Å². The summed E-state index contributed by atoms with van der Waals surface area (Å²) < 4.78 is 3.44. The van der Waals surface area contributed by atoms with Gasteiger partial charge in [0.15, 0.2) is 0 Å². The van der Waals surface area contributed by atoms with E-state index in [1.165, 1.54) is 0 Å². The second-order valence-electron chi connectivity index (χ2n) is 2.95. The van der Waals surface area contributed by atoms with Gasteiger partial charge in [-0.15, -0.1) is 24.8 Å². The van der Waals surface area contributed by atoms with Crippen LogP contribution in [0.1, 0.15) is 0 Å². The molecule has 0 aliphatic carbocycles. The first kappa shape index (κ1) is 13.8. The maximum absolute atomic E-state index is 5.78. The van der Waals surface area contributed by atoms with E-state index in [9.17, 15) is 0 Å². The highest BCUT2D eigenvalue weighted by atomic mass is 35.5. The van der Waals surface area contributed by atoms with E-state index in [2.05, 4.69) is 10.2 Å². The molecule has 5 nitrogen and oxygen atoms in total. The fourth-order valence-corrected chi connectivity index (χ4v) is 1.31. The van der Waals surface area contributed by atoms with Gasteiger partial charge in [0.2, 0.25) is 0 Å². The minimum absolute atomic E-state index is 0. The molecule has 7 heteroatoms. The Kier molecular flexibility index (Phi) is 4.64. The van der Waals surface area contributed by atoms with Gasteiger partial charge in [0, 0.05) is 26.5 Å². The molecule has 0 aromatic carbocycles. The Morgan fingerprint density at radius 1 is 1.27 bits per heavy atom.